The molecule has 2 aromatic rings. The molecule has 1 aliphatic rings. The molecule has 1 saturated heterocycles. The number of likely N-dealkylation sites (tertiary alicyclic amines) is 1. The van der Waals surface area contributed by atoms with Crippen LogP contribution in [0.3, 0.4) is 0 Å². The van der Waals surface area contributed by atoms with Gasteiger partial charge in [0.15, 0.2) is 0 Å². The molecule has 0 spiro atoms. The molecular weight excluding hydrogens is 383 g/mol. The number of hydrogen-bond donors (Lipinski definition) is 1. The second-order valence-corrected chi connectivity index (χ2v) is 7.06. The molecule has 1 heterocycles. The number of benzene rings is 2. The molecule has 2 amide bonds. The summed E-state index contributed by atoms with van der Waals surface area (Å²) in [4.78, 5) is 27.0. The van der Waals surface area contributed by atoms with Gasteiger partial charge in [0, 0.05) is 22.3 Å². The fraction of sp³-hybridized carbons (Fsp3) is 0.222. The van der Waals surface area contributed by atoms with E-state index in [1.54, 1.807) is 41.3 Å². The summed E-state index contributed by atoms with van der Waals surface area (Å²) in [6.45, 7) is 0.500. The van der Waals surface area contributed by atoms with Gasteiger partial charge in [-0.25, -0.2) is 0 Å². The van der Waals surface area contributed by atoms with Crippen molar-refractivity contribution in [3.63, 3.8) is 0 Å². The van der Waals surface area contributed by atoms with Crippen molar-refractivity contribution in [2.75, 3.05) is 11.9 Å². The third-order valence-electron chi connectivity index (χ3n) is 4.09. The Morgan fingerprint density at radius 2 is 1.68 bits per heavy atom. The van der Waals surface area contributed by atoms with E-state index in [1.807, 2.05) is 0 Å². The molecular formula is C18H15Cl3N2O2. The predicted octanol–water partition coefficient (Wildman–Crippen LogP) is 4.89. The Hall–Kier alpha value is -1.75. The highest BCUT2D eigenvalue weighted by atomic mass is 35.5. The molecule has 1 unspecified atom stereocenters. The van der Waals surface area contributed by atoms with Gasteiger partial charge in [0.2, 0.25) is 5.91 Å². The van der Waals surface area contributed by atoms with Crippen LogP contribution in [0.5, 0.6) is 0 Å². The molecule has 1 N–H and O–H groups in total. The molecule has 130 valence electrons. The Bertz CT molecular complexity index is 808. The Morgan fingerprint density at radius 1 is 1.00 bits per heavy atom. The summed E-state index contributed by atoms with van der Waals surface area (Å²) >= 11 is 17.9. The lowest BCUT2D eigenvalue weighted by Crippen LogP contribution is -2.43. The van der Waals surface area contributed by atoms with Crippen LogP contribution in [0.25, 0.3) is 0 Å². The lowest BCUT2D eigenvalue weighted by Gasteiger charge is -2.24. The van der Waals surface area contributed by atoms with Gasteiger partial charge in [-0.15, -0.1) is 0 Å². The Labute approximate surface area is 160 Å². The van der Waals surface area contributed by atoms with E-state index in [-0.39, 0.29) is 11.8 Å². The molecule has 0 saturated carbocycles. The van der Waals surface area contributed by atoms with Crippen LogP contribution >= 0.6 is 34.8 Å². The van der Waals surface area contributed by atoms with Gasteiger partial charge in [-0.05, 0) is 55.3 Å². The van der Waals surface area contributed by atoms with Crippen molar-refractivity contribution < 1.29 is 9.59 Å². The van der Waals surface area contributed by atoms with Crippen molar-refractivity contribution >= 4 is 52.3 Å². The van der Waals surface area contributed by atoms with Crippen molar-refractivity contribution in [1.29, 1.82) is 0 Å². The number of carbonyl (C=O) groups excluding carboxylic acids is 2. The maximum absolute atomic E-state index is 12.8. The second kappa shape index (κ2) is 7.65. The molecule has 0 radical (unpaired) electrons. The SMILES string of the molecule is O=C(Nc1ccc(Cl)cc1)C1CCCN1C(=O)c1cc(Cl)ccc1Cl. The van der Waals surface area contributed by atoms with Crippen LogP contribution < -0.4 is 5.32 Å². The molecule has 1 aliphatic heterocycles. The highest BCUT2D eigenvalue weighted by Gasteiger charge is 2.35. The van der Waals surface area contributed by atoms with Gasteiger partial charge in [0.25, 0.3) is 5.91 Å². The number of hydrogen-bond acceptors (Lipinski definition) is 2. The number of amides is 2. The summed E-state index contributed by atoms with van der Waals surface area (Å²) < 4.78 is 0. The van der Waals surface area contributed by atoms with E-state index in [1.165, 1.54) is 6.07 Å². The van der Waals surface area contributed by atoms with Gasteiger partial charge >= 0.3 is 0 Å². The zero-order valence-electron chi connectivity index (χ0n) is 13.1. The van der Waals surface area contributed by atoms with Crippen LogP contribution in [-0.4, -0.2) is 29.3 Å². The second-order valence-electron chi connectivity index (χ2n) is 5.78. The number of anilines is 1. The summed E-state index contributed by atoms with van der Waals surface area (Å²) in [5.74, 6) is -0.521. The van der Waals surface area contributed by atoms with Crippen LogP contribution in [0.2, 0.25) is 15.1 Å². The van der Waals surface area contributed by atoms with E-state index in [9.17, 15) is 9.59 Å². The van der Waals surface area contributed by atoms with Crippen molar-refractivity contribution in [2.24, 2.45) is 0 Å². The molecule has 1 atom stereocenters. The minimum atomic E-state index is -0.543. The molecule has 25 heavy (non-hydrogen) atoms. The molecule has 4 nitrogen and oxygen atoms in total. The lowest BCUT2D eigenvalue weighted by molar-refractivity contribution is -0.119. The van der Waals surface area contributed by atoms with E-state index >= 15 is 0 Å². The number of halogens is 3. The summed E-state index contributed by atoms with van der Waals surface area (Å²) in [7, 11) is 0. The van der Waals surface area contributed by atoms with E-state index in [2.05, 4.69) is 5.32 Å². The average Bonchev–Trinajstić information content (AvgIpc) is 3.08. The highest BCUT2D eigenvalue weighted by molar-refractivity contribution is 6.35. The van der Waals surface area contributed by atoms with Gasteiger partial charge in [-0.3, -0.25) is 9.59 Å². The monoisotopic (exact) mass is 396 g/mol. The third kappa shape index (κ3) is 4.09. The molecule has 2 aromatic carbocycles. The predicted molar refractivity (Wildman–Crippen MR) is 101 cm³/mol. The van der Waals surface area contributed by atoms with Crippen LogP contribution in [0.1, 0.15) is 23.2 Å². The average molecular weight is 398 g/mol. The first kappa shape index (κ1) is 18.1. The van der Waals surface area contributed by atoms with Crippen LogP contribution in [0.15, 0.2) is 42.5 Å². The summed E-state index contributed by atoms with van der Waals surface area (Å²) in [5.41, 5.74) is 0.940. The van der Waals surface area contributed by atoms with Crippen LogP contribution in [0, 0.1) is 0 Å². The van der Waals surface area contributed by atoms with Gasteiger partial charge in [0.1, 0.15) is 6.04 Å². The number of nitrogens with one attached hydrogen (secondary N) is 1. The van der Waals surface area contributed by atoms with E-state index < -0.39 is 6.04 Å². The van der Waals surface area contributed by atoms with E-state index in [0.29, 0.717) is 39.3 Å². The maximum Gasteiger partial charge on any atom is 0.256 e. The van der Waals surface area contributed by atoms with Gasteiger partial charge < -0.3 is 10.2 Å². The molecule has 3 rings (SSSR count). The first-order valence-electron chi connectivity index (χ1n) is 7.78. The third-order valence-corrected chi connectivity index (χ3v) is 4.90. The van der Waals surface area contributed by atoms with Crippen molar-refractivity contribution in [2.45, 2.75) is 18.9 Å². The zero-order valence-corrected chi connectivity index (χ0v) is 15.4. The standard InChI is InChI=1S/C18H15Cl3N2O2/c19-11-3-6-13(7-4-11)22-17(24)16-2-1-9-23(16)18(25)14-10-12(20)5-8-15(14)21/h3-8,10,16H,1-2,9H2,(H,22,24). The Kier molecular flexibility index (Phi) is 5.52. The fourth-order valence-electron chi connectivity index (χ4n) is 2.86. The van der Waals surface area contributed by atoms with Gasteiger partial charge in [-0.2, -0.15) is 0 Å². The lowest BCUT2D eigenvalue weighted by atomic mass is 10.1. The van der Waals surface area contributed by atoms with Crippen LogP contribution in [-0.2, 0) is 4.79 Å². The topological polar surface area (TPSA) is 49.4 Å². The molecule has 0 aromatic heterocycles. The van der Waals surface area contributed by atoms with Crippen molar-refractivity contribution in [3.05, 3.63) is 63.1 Å². The molecule has 0 aliphatic carbocycles. The first-order chi connectivity index (χ1) is 12.0. The van der Waals surface area contributed by atoms with Gasteiger partial charge in [0.05, 0.1) is 10.6 Å². The largest absolute Gasteiger partial charge is 0.327 e. The minimum absolute atomic E-state index is 0.230. The molecule has 0 bridgehead atoms. The number of rotatable bonds is 3. The quantitative estimate of drug-likeness (QED) is 0.801. The number of nitrogens with zero attached hydrogens (tertiary/aromatic N) is 1. The number of carbonyl (C=O) groups is 2. The fourth-order valence-corrected chi connectivity index (χ4v) is 3.35. The summed E-state index contributed by atoms with van der Waals surface area (Å²) in [5, 5.41) is 4.15. The zero-order chi connectivity index (χ0) is 18.0. The summed E-state index contributed by atoms with van der Waals surface area (Å²) in [6, 6.07) is 11.0. The Balaban J connectivity index is 1.77. The normalized spacial score (nSPS) is 16.8. The van der Waals surface area contributed by atoms with Crippen molar-refractivity contribution in [3.8, 4) is 0 Å². The van der Waals surface area contributed by atoms with Crippen LogP contribution in [0.4, 0.5) is 5.69 Å². The van der Waals surface area contributed by atoms with Gasteiger partial charge in [-0.1, -0.05) is 34.8 Å². The van der Waals surface area contributed by atoms with Crippen molar-refractivity contribution in [1.82, 2.24) is 4.90 Å². The maximum atomic E-state index is 12.8. The highest BCUT2D eigenvalue weighted by Crippen LogP contribution is 2.27. The molecule has 1 fully saturated rings. The smallest absolute Gasteiger partial charge is 0.256 e. The van der Waals surface area contributed by atoms with E-state index in [0.717, 1.165) is 6.42 Å². The van der Waals surface area contributed by atoms with E-state index in [4.69, 9.17) is 34.8 Å². The first-order valence-corrected chi connectivity index (χ1v) is 8.91. The Morgan fingerprint density at radius 3 is 2.40 bits per heavy atom. The summed E-state index contributed by atoms with van der Waals surface area (Å²) in [6.07, 6.45) is 1.35. The molecule has 7 heteroatoms. The minimum Gasteiger partial charge on any atom is -0.327 e.